The van der Waals surface area contributed by atoms with Crippen LogP contribution in [0.2, 0.25) is 0 Å². The molecule has 58 valence electrons. The predicted octanol–water partition coefficient (Wildman–Crippen LogP) is 2.61. The van der Waals surface area contributed by atoms with Crippen LogP contribution in [0.3, 0.4) is 0 Å². The van der Waals surface area contributed by atoms with E-state index in [1.165, 1.54) is 0 Å². The fourth-order valence-electron chi connectivity index (χ4n) is 0.806. The van der Waals surface area contributed by atoms with Crippen molar-refractivity contribution < 1.29 is 8.78 Å². The molecule has 0 radical (unpaired) electrons. The van der Waals surface area contributed by atoms with Gasteiger partial charge in [-0.25, -0.2) is 8.78 Å². The Morgan fingerprint density at radius 1 is 1.27 bits per heavy atom. The first-order valence-electron chi connectivity index (χ1n) is 3.07. The van der Waals surface area contributed by atoms with Gasteiger partial charge in [0.15, 0.2) is 11.6 Å². The number of rotatable bonds is 1. The molecule has 0 fully saturated rings. The van der Waals surface area contributed by atoms with Gasteiger partial charge in [0.1, 0.15) is 0 Å². The quantitative estimate of drug-likeness (QED) is 0.553. The second kappa shape index (κ2) is 2.78. The third-order valence-electron chi connectivity index (χ3n) is 1.41. The Kier molecular flexibility index (Phi) is 1.98. The minimum atomic E-state index is -0.891. The van der Waals surface area contributed by atoms with Crippen molar-refractivity contribution in [2.45, 2.75) is 6.92 Å². The maximum atomic E-state index is 12.5. The van der Waals surface area contributed by atoms with Crippen molar-refractivity contribution >= 4 is 12.4 Å². The van der Waals surface area contributed by atoms with Gasteiger partial charge < -0.3 is 0 Å². The van der Waals surface area contributed by atoms with Gasteiger partial charge >= 0.3 is 0 Å². The number of aliphatic imine (C=N–C) groups is 1. The minimum absolute atomic E-state index is 0.379. The molecule has 0 unspecified atom stereocenters. The largest absolute Gasteiger partial charge is 0.264 e. The molecule has 0 aromatic heterocycles. The van der Waals surface area contributed by atoms with Crippen molar-refractivity contribution in [3.05, 3.63) is 29.3 Å². The monoisotopic (exact) mass is 155 g/mol. The number of hydrogen-bond donors (Lipinski definition) is 0. The van der Waals surface area contributed by atoms with Gasteiger partial charge in [0.25, 0.3) is 0 Å². The van der Waals surface area contributed by atoms with Crippen LogP contribution in [0.25, 0.3) is 0 Å². The van der Waals surface area contributed by atoms with Gasteiger partial charge in [-0.05, 0) is 25.3 Å². The number of nitrogens with zero attached hydrogens (tertiary/aromatic N) is 1. The molecule has 0 amide bonds. The molecular weight excluding hydrogens is 148 g/mol. The summed E-state index contributed by atoms with van der Waals surface area (Å²) in [6.45, 7) is 4.87. The van der Waals surface area contributed by atoms with Crippen molar-refractivity contribution in [2.24, 2.45) is 4.99 Å². The summed E-state index contributed by atoms with van der Waals surface area (Å²) in [5.41, 5.74) is 0.961. The molecule has 0 saturated carbocycles. The maximum Gasteiger partial charge on any atom is 0.160 e. The molecular formula is C8H7F2N. The highest BCUT2D eigenvalue weighted by Crippen LogP contribution is 2.20. The van der Waals surface area contributed by atoms with E-state index in [1.54, 1.807) is 6.92 Å². The Hall–Kier alpha value is -1.25. The van der Waals surface area contributed by atoms with E-state index in [0.717, 1.165) is 12.1 Å². The molecule has 0 saturated heterocycles. The van der Waals surface area contributed by atoms with Gasteiger partial charge in [0.2, 0.25) is 0 Å². The number of benzene rings is 1. The summed E-state index contributed by atoms with van der Waals surface area (Å²) in [6, 6.07) is 2.12. The van der Waals surface area contributed by atoms with Gasteiger partial charge in [-0.2, -0.15) is 0 Å². The van der Waals surface area contributed by atoms with E-state index < -0.39 is 11.6 Å². The SMILES string of the molecule is C=Nc1cc(F)c(F)cc1C. The van der Waals surface area contributed by atoms with Crippen LogP contribution in [-0.2, 0) is 0 Å². The molecule has 0 aliphatic rings. The van der Waals surface area contributed by atoms with E-state index in [4.69, 9.17) is 0 Å². The predicted molar refractivity (Wildman–Crippen MR) is 40.3 cm³/mol. The van der Waals surface area contributed by atoms with Crippen molar-refractivity contribution in [2.75, 3.05) is 0 Å². The molecule has 0 aliphatic carbocycles. The number of hydrogen-bond acceptors (Lipinski definition) is 1. The maximum absolute atomic E-state index is 12.5. The van der Waals surface area contributed by atoms with Gasteiger partial charge in [-0.15, -0.1) is 0 Å². The summed E-state index contributed by atoms with van der Waals surface area (Å²) in [5, 5.41) is 0. The molecule has 0 bridgehead atoms. The van der Waals surface area contributed by atoms with Gasteiger partial charge in [-0.3, -0.25) is 4.99 Å². The molecule has 1 aromatic carbocycles. The van der Waals surface area contributed by atoms with E-state index in [0.29, 0.717) is 11.3 Å². The van der Waals surface area contributed by atoms with Crippen LogP contribution in [-0.4, -0.2) is 6.72 Å². The lowest BCUT2D eigenvalue weighted by molar-refractivity contribution is 0.508. The third kappa shape index (κ3) is 1.42. The van der Waals surface area contributed by atoms with Gasteiger partial charge in [-0.1, -0.05) is 0 Å². The summed E-state index contributed by atoms with van der Waals surface area (Å²) in [5.74, 6) is -1.74. The Labute approximate surface area is 63.4 Å². The summed E-state index contributed by atoms with van der Waals surface area (Å²) in [7, 11) is 0. The van der Waals surface area contributed by atoms with Crippen molar-refractivity contribution in [3.8, 4) is 0 Å². The van der Waals surface area contributed by atoms with E-state index in [9.17, 15) is 8.78 Å². The van der Waals surface area contributed by atoms with Crippen molar-refractivity contribution in [1.82, 2.24) is 0 Å². The Balaban J connectivity index is 3.31. The highest BCUT2D eigenvalue weighted by molar-refractivity contribution is 5.51. The fourth-order valence-corrected chi connectivity index (χ4v) is 0.806. The molecule has 1 aromatic rings. The lowest BCUT2D eigenvalue weighted by Gasteiger charge is -1.99. The van der Waals surface area contributed by atoms with Crippen molar-refractivity contribution in [1.29, 1.82) is 0 Å². The fraction of sp³-hybridized carbons (Fsp3) is 0.125. The highest BCUT2D eigenvalue weighted by Gasteiger charge is 2.04. The summed E-state index contributed by atoms with van der Waals surface area (Å²) in [6.07, 6.45) is 0. The van der Waals surface area contributed by atoms with Crippen LogP contribution in [0.15, 0.2) is 17.1 Å². The molecule has 0 aliphatic heterocycles. The molecule has 0 spiro atoms. The lowest BCUT2D eigenvalue weighted by Crippen LogP contribution is -1.84. The van der Waals surface area contributed by atoms with E-state index in [1.807, 2.05) is 0 Å². The zero-order valence-corrected chi connectivity index (χ0v) is 6.06. The zero-order chi connectivity index (χ0) is 8.43. The zero-order valence-electron chi connectivity index (χ0n) is 6.06. The second-order valence-corrected chi connectivity index (χ2v) is 2.21. The highest BCUT2D eigenvalue weighted by atomic mass is 19.2. The molecule has 0 atom stereocenters. The number of aryl methyl sites for hydroxylation is 1. The third-order valence-corrected chi connectivity index (χ3v) is 1.41. The smallest absolute Gasteiger partial charge is 0.160 e. The molecule has 1 nitrogen and oxygen atoms in total. The van der Waals surface area contributed by atoms with Crippen molar-refractivity contribution in [3.63, 3.8) is 0 Å². The van der Waals surface area contributed by atoms with Crippen LogP contribution in [0.5, 0.6) is 0 Å². The van der Waals surface area contributed by atoms with E-state index in [-0.39, 0.29) is 0 Å². The van der Waals surface area contributed by atoms with Gasteiger partial charge in [0.05, 0.1) is 5.69 Å². The molecule has 3 heteroatoms. The van der Waals surface area contributed by atoms with Gasteiger partial charge in [0, 0.05) is 6.07 Å². The van der Waals surface area contributed by atoms with E-state index >= 15 is 0 Å². The standard InChI is InChI=1S/C8H7F2N/c1-5-3-6(9)7(10)4-8(5)11-2/h3-4H,2H2,1H3. The first-order chi connectivity index (χ1) is 5.15. The summed E-state index contributed by atoms with van der Waals surface area (Å²) >= 11 is 0. The average molecular weight is 155 g/mol. The topological polar surface area (TPSA) is 12.4 Å². The molecule has 11 heavy (non-hydrogen) atoms. The summed E-state index contributed by atoms with van der Waals surface area (Å²) < 4.78 is 24.9. The van der Waals surface area contributed by atoms with Crippen LogP contribution in [0, 0.1) is 18.6 Å². The summed E-state index contributed by atoms with van der Waals surface area (Å²) in [4.78, 5) is 3.52. The Bertz CT molecular complexity index is 294. The average Bonchev–Trinajstić information content (AvgIpc) is 1.97. The van der Waals surface area contributed by atoms with Crippen LogP contribution in [0.4, 0.5) is 14.5 Å². The second-order valence-electron chi connectivity index (χ2n) is 2.21. The van der Waals surface area contributed by atoms with E-state index in [2.05, 4.69) is 11.7 Å². The normalized spacial score (nSPS) is 9.73. The lowest BCUT2D eigenvalue weighted by atomic mass is 10.2. The molecule has 0 heterocycles. The van der Waals surface area contributed by atoms with Crippen LogP contribution < -0.4 is 0 Å². The van der Waals surface area contributed by atoms with Crippen LogP contribution in [0.1, 0.15) is 5.56 Å². The molecule has 1 rings (SSSR count). The Morgan fingerprint density at radius 2 is 1.82 bits per heavy atom. The van der Waals surface area contributed by atoms with Crippen LogP contribution >= 0.6 is 0 Å². The molecule has 0 N–H and O–H groups in total. The Morgan fingerprint density at radius 3 is 2.36 bits per heavy atom. The minimum Gasteiger partial charge on any atom is -0.264 e. The number of halogens is 2. The first-order valence-corrected chi connectivity index (χ1v) is 3.07. The first kappa shape index (κ1) is 7.85.